The molecule has 2 atom stereocenters. The fourth-order valence-electron chi connectivity index (χ4n) is 6.13. The molecule has 5 rings (SSSR count). The lowest BCUT2D eigenvalue weighted by Gasteiger charge is -2.20. The Hall–Kier alpha value is -4.06. The fourth-order valence-corrected chi connectivity index (χ4v) is 6.13. The first kappa shape index (κ1) is 29.4. The number of benzene rings is 3. The summed E-state index contributed by atoms with van der Waals surface area (Å²) in [5.74, 6) is 4.63. The molecule has 6 nitrogen and oxygen atoms in total. The summed E-state index contributed by atoms with van der Waals surface area (Å²) in [4.78, 5) is 0. The lowest BCUT2D eigenvalue weighted by molar-refractivity contribution is 0.198. The predicted molar refractivity (Wildman–Crippen MR) is 166 cm³/mol. The zero-order chi connectivity index (χ0) is 29.6. The molecule has 0 amide bonds. The topological polar surface area (TPSA) is 55.4 Å². The highest BCUT2D eigenvalue weighted by Crippen LogP contribution is 2.52. The predicted octanol–water partition coefficient (Wildman–Crippen LogP) is 8.26. The summed E-state index contributed by atoms with van der Waals surface area (Å²) in [5, 5.41) is 0. The normalized spacial score (nSPS) is 17.2. The van der Waals surface area contributed by atoms with Crippen molar-refractivity contribution in [2.24, 2.45) is 0 Å². The van der Waals surface area contributed by atoms with Gasteiger partial charge in [0, 0.05) is 0 Å². The maximum absolute atomic E-state index is 6.29. The summed E-state index contributed by atoms with van der Waals surface area (Å²) in [5.41, 5.74) is 6.47. The second-order valence-corrected chi connectivity index (χ2v) is 9.96. The van der Waals surface area contributed by atoms with Crippen molar-refractivity contribution in [3.63, 3.8) is 0 Å². The number of hydrogen-bond acceptors (Lipinski definition) is 6. The third-order valence-electron chi connectivity index (χ3n) is 7.54. The second kappa shape index (κ2) is 13.3. The second-order valence-electron chi connectivity index (χ2n) is 9.96. The van der Waals surface area contributed by atoms with Gasteiger partial charge in [0.05, 0.1) is 62.6 Å². The lowest BCUT2D eigenvalue weighted by Crippen LogP contribution is -2.08. The van der Waals surface area contributed by atoms with Gasteiger partial charge in [-0.25, -0.2) is 0 Å². The highest BCUT2D eigenvalue weighted by molar-refractivity contribution is 5.80. The third kappa shape index (κ3) is 5.19. The maximum Gasteiger partial charge on any atom is 0.169 e. The van der Waals surface area contributed by atoms with Crippen molar-refractivity contribution < 1.29 is 28.4 Å². The molecule has 6 heteroatoms. The molecule has 3 aromatic rings. The van der Waals surface area contributed by atoms with E-state index in [1.165, 1.54) is 0 Å². The van der Waals surface area contributed by atoms with Crippen LogP contribution in [-0.2, 0) is 18.9 Å². The summed E-state index contributed by atoms with van der Waals surface area (Å²) in [6, 6.07) is 21.2. The first-order chi connectivity index (χ1) is 20.6. The standard InChI is InChI=1S/C36H42O6/c1-7-37-27-17-13-15-25-29(33(39-9-3)35(31(25)27)41-11-5)23-19-21-24(22-20-23)30-26-16-14-18-28(38-8-2)32(26)36(42-12-6)34(30)40-10-4/h13-22,29-30H,7-12H2,1-6H3. The number of hydrogen-bond donors (Lipinski definition) is 0. The molecule has 3 aromatic carbocycles. The molecule has 0 heterocycles. The number of ether oxygens (including phenoxy) is 6. The SMILES string of the molecule is CCOC1=C(OCC)C(c2ccc(C3C(OCC)=C(OCC)c4c(OCC)cccc43)cc2)c2cccc(OCC)c21. The van der Waals surface area contributed by atoms with Gasteiger partial charge in [0.1, 0.15) is 11.5 Å². The van der Waals surface area contributed by atoms with Gasteiger partial charge in [0.15, 0.2) is 23.0 Å². The van der Waals surface area contributed by atoms with Crippen LogP contribution in [0.5, 0.6) is 11.5 Å². The van der Waals surface area contributed by atoms with Crippen molar-refractivity contribution in [1.29, 1.82) is 0 Å². The van der Waals surface area contributed by atoms with E-state index in [4.69, 9.17) is 28.4 Å². The Bertz CT molecular complexity index is 1340. The van der Waals surface area contributed by atoms with Crippen molar-refractivity contribution in [2.75, 3.05) is 39.6 Å². The van der Waals surface area contributed by atoms with Crippen LogP contribution in [0.15, 0.2) is 72.2 Å². The molecule has 2 aliphatic carbocycles. The van der Waals surface area contributed by atoms with Crippen LogP contribution in [0.4, 0.5) is 0 Å². The van der Waals surface area contributed by atoms with Crippen LogP contribution in [-0.4, -0.2) is 39.6 Å². The molecule has 0 N–H and O–H groups in total. The molecule has 0 fully saturated rings. The Balaban J connectivity index is 1.61. The van der Waals surface area contributed by atoms with Crippen LogP contribution in [0.1, 0.15) is 86.8 Å². The maximum atomic E-state index is 6.29. The van der Waals surface area contributed by atoms with Gasteiger partial charge in [-0.15, -0.1) is 0 Å². The van der Waals surface area contributed by atoms with Gasteiger partial charge >= 0.3 is 0 Å². The van der Waals surface area contributed by atoms with Gasteiger partial charge in [-0.05, 0) is 75.9 Å². The van der Waals surface area contributed by atoms with Gasteiger partial charge in [0.2, 0.25) is 0 Å². The van der Waals surface area contributed by atoms with Crippen molar-refractivity contribution in [2.45, 2.75) is 53.4 Å². The molecule has 2 aliphatic rings. The average molecular weight is 571 g/mol. The summed E-state index contributed by atoms with van der Waals surface area (Å²) in [6.45, 7) is 15.3. The molecule has 0 saturated heterocycles. The Labute approximate surface area is 249 Å². The van der Waals surface area contributed by atoms with Crippen LogP contribution in [0.3, 0.4) is 0 Å². The van der Waals surface area contributed by atoms with E-state index in [2.05, 4.69) is 36.4 Å². The smallest absolute Gasteiger partial charge is 0.169 e. The molecule has 2 unspecified atom stereocenters. The molecule has 0 radical (unpaired) electrons. The van der Waals surface area contributed by atoms with Crippen molar-refractivity contribution >= 4 is 11.5 Å². The summed E-state index contributed by atoms with van der Waals surface area (Å²) < 4.78 is 37.1. The van der Waals surface area contributed by atoms with Gasteiger partial charge < -0.3 is 28.4 Å². The minimum absolute atomic E-state index is 0.0998. The van der Waals surface area contributed by atoms with E-state index in [1.54, 1.807) is 0 Å². The fraction of sp³-hybridized carbons (Fsp3) is 0.389. The highest BCUT2D eigenvalue weighted by atomic mass is 16.5. The van der Waals surface area contributed by atoms with Gasteiger partial charge in [-0.3, -0.25) is 0 Å². The van der Waals surface area contributed by atoms with E-state index < -0.39 is 0 Å². The Morgan fingerprint density at radius 3 is 1.12 bits per heavy atom. The number of rotatable bonds is 14. The van der Waals surface area contributed by atoms with E-state index in [1.807, 2.05) is 65.8 Å². The van der Waals surface area contributed by atoms with Gasteiger partial charge in [0.25, 0.3) is 0 Å². The van der Waals surface area contributed by atoms with Crippen molar-refractivity contribution in [1.82, 2.24) is 0 Å². The molecule has 42 heavy (non-hydrogen) atoms. The molecule has 0 bridgehead atoms. The van der Waals surface area contributed by atoms with E-state index in [0.717, 1.165) is 67.9 Å². The van der Waals surface area contributed by atoms with Crippen LogP contribution in [0, 0.1) is 0 Å². The zero-order valence-corrected chi connectivity index (χ0v) is 25.6. The Morgan fingerprint density at radius 1 is 0.429 bits per heavy atom. The molecule has 0 aromatic heterocycles. The third-order valence-corrected chi connectivity index (χ3v) is 7.54. The molecule has 0 aliphatic heterocycles. The first-order valence-corrected chi connectivity index (χ1v) is 15.2. The first-order valence-electron chi connectivity index (χ1n) is 15.2. The summed E-state index contributed by atoms with van der Waals surface area (Å²) in [7, 11) is 0. The van der Waals surface area contributed by atoms with E-state index >= 15 is 0 Å². The molecular formula is C36H42O6. The van der Waals surface area contributed by atoms with Crippen LogP contribution in [0.25, 0.3) is 11.5 Å². The molecule has 0 saturated carbocycles. The average Bonchev–Trinajstić information content (AvgIpc) is 3.48. The van der Waals surface area contributed by atoms with Crippen LogP contribution < -0.4 is 9.47 Å². The van der Waals surface area contributed by atoms with Gasteiger partial charge in [-0.2, -0.15) is 0 Å². The molecule has 222 valence electrons. The lowest BCUT2D eigenvalue weighted by atomic mass is 9.87. The monoisotopic (exact) mass is 570 g/mol. The molecule has 0 spiro atoms. The Morgan fingerprint density at radius 2 is 0.786 bits per heavy atom. The van der Waals surface area contributed by atoms with Gasteiger partial charge in [-0.1, -0.05) is 48.5 Å². The van der Waals surface area contributed by atoms with Crippen molar-refractivity contribution in [3.05, 3.63) is 106 Å². The number of fused-ring (bicyclic) bond motifs is 2. The van der Waals surface area contributed by atoms with Crippen molar-refractivity contribution in [3.8, 4) is 11.5 Å². The summed E-state index contributed by atoms with van der Waals surface area (Å²) >= 11 is 0. The zero-order valence-electron chi connectivity index (χ0n) is 25.6. The van der Waals surface area contributed by atoms with Crippen LogP contribution in [0.2, 0.25) is 0 Å². The summed E-state index contributed by atoms with van der Waals surface area (Å²) in [6.07, 6.45) is 0. The van der Waals surface area contributed by atoms with E-state index in [-0.39, 0.29) is 11.8 Å². The minimum Gasteiger partial charge on any atom is -0.493 e. The minimum atomic E-state index is -0.0998. The van der Waals surface area contributed by atoms with E-state index in [0.29, 0.717) is 39.6 Å². The molecular weight excluding hydrogens is 528 g/mol. The van der Waals surface area contributed by atoms with Crippen LogP contribution >= 0.6 is 0 Å². The highest BCUT2D eigenvalue weighted by Gasteiger charge is 2.40. The number of allylic oxidation sites excluding steroid dienone is 2. The Kier molecular flexibility index (Phi) is 9.31. The van der Waals surface area contributed by atoms with E-state index in [9.17, 15) is 0 Å². The largest absolute Gasteiger partial charge is 0.493 e. The quantitative estimate of drug-likeness (QED) is 0.194.